The molecule has 4 nitrogen and oxygen atoms in total. The third kappa shape index (κ3) is 7.55. The molecule has 1 aliphatic rings. The van der Waals surface area contributed by atoms with E-state index in [1.54, 1.807) is 4.90 Å². The van der Waals surface area contributed by atoms with Gasteiger partial charge in [0.1, 0.15) is 0 Å². The topological polar surface area (TPSA) is 35.9 Å². The lowest BCUT2D eigenvalue weighted by atomic mass is 10.0. The summed E-state index contributed by atoms with van der Waals surface area (Å²) >= 11 is 12.1. The SMILES string of the molecule is CN1C(=O)[C@H](N(CC=Cc2ccc(Cl)cc2)CC=Cc2ccc(Cl)cc2)N=C(c2ccccc2)c2ccccc21.Cl. The van der Waals surface area contributed by atoms with Crippen LogP contribution in [0.25, 0.3) is 12.2 Å². The Morgan fingerprint density at radius 3 is 1.83 bits per heavy atom. The van der Waals surface area contributed by atoms with Crippen LogP contribution in [0.2, 0.25) is 10.0 Å². The van der Waals surface area contributed by atoms with Gasteiger partial charge in [0.25, 0.3) is 5.91 Å². The second-order valence-electron chi connectivity index (χ2n) is 9.49. The summed E-state index contributed by atoms with van der Waals surface area (Å²) in [7, 11) is 1.82. The quantitative estimate of drug-likeness (QED) is 0.203. The number of halogens is 3. The maximum atomic E-state index is 14.0. The van der Waals surface area contributed by atoms with E-state index in [1.807, 2.05) is 122 Å². The zero-order chi connectivity index (χ0) is 27.9. The number of nitrogens with zero attached hydrogens (tertiary/aromatic N) is 3. The number of fused-ring (bicyclic) bond motifs is 1. The van der Waals surface area contributed by atoms with Gasteiger partial charge in [0, 0.05) is 41.3 Å². The molecule has 1 atom stereocenters. The van der Waals surface area contributed by atoms with E-state index in [-0.39, 0.29) is 18.3 Å². The maximum absolute atomic E-state index is 14.0. The van der Waals surface area contributed by atoms with Crippen LogP contribution in [0.1, 0.15) is 22.3 Å². The Balaban J connectivity index is 0.00000387. The highest BCUT2D eigenvalue weighted by atomic mass is 35.5. The Kier molecular flexibility index (Phi) is 10.6. The number of para-hydroxylation sites is 1. The van der Waals surface area contributed by atoms with Crippen molar-refractivity contribution in [2.24, 2.45) is 4.99 Å². The van der Waals surface area contributed by atoms with Crippen molar-refractivity contribution in [3.63, 3.8) is 0 Å². The van der Waals surface area contributed by atoms with E-state index in [4.69, 9.17) is 28.2 Å². The highest BCUT2D eigenvalue weighted by molar-refractivity contribution is 6.30. The number of rotatable bonds is 8. The molecule has 1 amide bonds. The first kappa shape index (κ1) is 30.3. The van der Waals surface area contributed by atoms with Crippen molar-refractivity contribution in [1.29, 1.82) is 0 Å². The molecule has 0 spiro atoms. The standard InChI is InChI=1S/C34H29Cl2N3O.ClH/c1-38-31-14-6-5-13-30(31)32(27-11-3-2-4-12-27)37-33(34(38)40)39(23-7-9-25-15-19-28(35)20-16-25)24-8-10-26-17-21-29(36)22-18-26;/h2-22,33H,23-24H2,1H3;1H/t33-;/m0./s1. The molecule has 208 valence electrons. The first-order valence-corrected chi connectivity index (χ1v) is 13.8. The molecule has 1 aliphatic heterocycles. The van der Waals surface area contributed by atoms with Crippen LogP contribution in [0.15, 0.2) is 120 Å². The highest BCUT2D eigenvalue weighted by Gasteiger charge is 2.33. The molecule has 0 aromatic heterocycles. The van der Waals surface area contributed by atoms with Crippen LogP contribution in [-0.2, 0) is 4.79 Å². The number of benzodiazepines with no additional fused rings is 1. The maximum Gasteiger partial charge on any atom is 0.266 e. The Bertz CT molecular complexity index is 1490. The number of aliphatic imine (C=N–C) groups is 1. The van der Waals surface area contributed by atoms with Crippen molar-refractivity contribution in [3.8, 4) is 0 Å². The zero-order valence-corrected chi connectivity index (χ0v) is 24.9. The van der Waals surface area contributed by atoms with E-state index < -0.39 is 6.17 Å². The van der Waals surface area contributed by atoms with Crippen molar-refractivity contribution < 1.29 is 4.79 Å². The van der Waals surface area contributed by atoms with Crippen LogP contribution < -0.4 is 4.90 Å². The van der Waals surface area contributed by atoms with E-state index in [1.165, 1.54) is 0 Å². The molecule has 0 bridgehead atoms. The number of hydrogen-bond donors (Lipinski definition) is 0. The minimum absolute atomic E-state index is 0. The summed E-state index contributed by atoms with van der Waals surface area (Å²) in [4.78, 5) is 22.9. The first-order valence-electron chi connectivity index (χ1n) is 13.1. The van der Waals surface area contributed by atoms with E-state index in [9.17, 15) is 4.79 Å². The van der Waals surface area contributed by atoms with Gasteiger partial charge in [-0.25, -0.2) is 0 Å². The normalized spacial score (nSPS) is 15.1. The number of amides is 1. The van der Waals surface area contributed by atoms with Crippen molar-refractivity contribution in [3.05, 3.63) is 148 Å². The average Bonchev–Trinajstić information content (AvgIpc) is 3.09. The van der Waals surface area contributed by atoms with E-state index in [0.717, 1.165) is 33.7 Å². The van der Waals surface area contributed by atoms with Gasteiger partial charge in [-0.05, 0) is 41.5 Å². The summed E-state index contributed by atoms with van der Waals surface area (Å²) in [5.74, 6) is -0.0850. The van der Waals surface area contributed by atoms with Crippen LogP contribution in [-0.4, -0.2) is 42.8 Å². The monoisotopic (exact) mass is 601 g/mol. The molecule has 0 fully saturated rings. The number of anilines is 1. The van der Waals surface area contributed by atoms with Gasteiger partial charge >= 0.3 is 0 Å². The summed E-state index contributed by atoms with van der Waals surface area (Å²) in [5, 5.41) is 1.39. The number of carbonyl (C=O) groups is 1. The smallest absolute Gasteiger partial charge is 0.266 e. The van der Waals surface area contributed by atoms with Crippen LogP contribution in [0.3, 0.4) is 0 Å². The predicted molar refractivity (Wildman–Crippen MR) is 176 cm³/mol. The van der Waals surface area contributed by atoms with E-state index in [0.29, 0.717) is 23.1 Å². The van der Waals surface area contributed by atoms with Gasteiger partial charge in [-0.1, -0.05) is 120 Å². The second kappa shape index (κ2) is 14.3. The number of carbonyl (C=O) groups excluding carboxylic acids is 1. The third-order valence-electron chi connectivity index (χ3n) is 6.76. The molecule has 0 saturated heterocycles. The largest absolute Gasteiger partial charge is 0.312 e. The highest BCUT2D eigenvalue weighted by Crippen LogP contribution is 2.28. The van der Waals surface area contributed by atoms with Crippen LogP contribution in [0, 0.1) is 0 Å². The summed E-state index contributed by atoms with van der Waals surface area (Å²) in [6, 6.07) is 33.3. The summed E-state index contributed by atoms with van der Waals surface area (Å²) < 4.78 is 0. The fraction of sp³-hybridized carbons (Fsp3) is 0.118. The van der Waals surface area contributed by atoms with Crippen LogP contribution in [0.4, 0.5) is 5.69 Å². The molecule has 7 heteroatoms. The summed E-state index contributed by atoms with van der Waals surface area (Å²) in [6.07, 6.45) is 7.46. The van der Waals surface area contributed by atoms with Crippen LogP contribution >= 0.6 is 35.6 Å². The minimum Gasteiger partial charge on any atom is -0.312 e. The molecule has 0 radical (unpaired) electrons. The lowest BCUT2D eigenvalue weighted by Crippen LogP contribution is -2.46. The molecule has 1 heterocycles. The minimum atomic E-state index is -0.725. The molecule has 0 aliphatic carbocycles. The molecule has 41 heavy (non-hydrogen) atoms. The fourth-order valence-corrected chi connectivity index (χ4v) is 4.89. The molecule has 5 rings (SSSR count). The number of benzene rings is 4. The van der Waals surface area contributed by atoms with Gasteiger partial charge in [-0.15, -0.1) is 12.4 Å². The molecule has 0 N–H and O–H groups in total. The third-order valence-corrected chi connectivity index (χ3v) is 7.26. The second-order valence-corrected chi connectivity index (χ2v) is 10.4. The van der Waals surface area contributed by atoms with E-state index >= 15 is 0 Å². The Morgan fingerprint density at radius 1 is 0.756 bits per heavy atom. The van der Waals surface area contributed by atoms with Crippen molar-refractivity contribution in [1.82, 2.24) is 4.90 Å². The predicted octanol–water partition coefficient (Wildman–Crippen LogP) is 8.28. The first-order chi connectivity index (χ1) is 19.5. The number of likely N-dealkylation sites (N-methyl/N-ethyl adjacent to an activating group) is 1. The van der Waals surface area contributed by atoms with Gasteiger partial charge in [-0.3, -0.25) is 14.7 Å². The summed E-state index contributed by atoms with van der Waals surface area (Å²) in [6.45, 7) is 1.03. The van der Waals surface area contributed by atoms with Gasteiger partial charge in [0.15, 0.2) is 6.17 Å². The Morgan fingerprint density at radius 2 is 1.27 bits per heavy atom. The van der Waals surface area contributed by atoms with Gasteiger partial charge in [-0.2, -0.15) is 0 Å². The molecule has 4 aromatic rings. The lowest BCUT2D eigenvalue weighted by molar-refractivity contribution is -0.122. The molecular formula is C34H30Cl3N3O. The van der Waals surface area contributed by atoms with Gasteiger partial charge in [0.2, 0.25) is 0 Å². The average molecular weight is 603 g/mol. The molecule has 4 aromatic carbocycles. The van der Waals surface area contributed by atoms with Crippen molar-refractivity contribution in [2.45, 2.75) is 6.17 Å². The molecule has 0 unspecified atom stereocenters. The lowest BCUT2D eigenvalue weighted by Gasteiger charge is -2.28. The Hall–Kier alpha value is -3.67. The number of hydrogen-bond acceptors (Lipinski definition) is 3. The van der Waals surface area contributed by atoms with Crippen LogP contribution in [0.5, 0.6) is 0 Å². The van der Waals surface area contributed by atoms with Gasteiger partial charge < -0.3 is 4.90 Å². The summed E-state index contributed by atoms with van der Waals surface area (Å²) in [5.41, 5.74) is 5.60. The van der Waals surface area contributed by atoms with Gasteiger partial charge in [0.05, 0.1) is 11.4 Å². The molecular weight excluding hydrogens is 573 g/mol. The van der Waals surface area contributed by atoms with Crippen molar-refractivity contribution >= 4 is 65.1 Å². The fourth-order valence-electron chi connectivity index (χ4n) is 4.64. The van der Waals surface area contributed by atoms with Crippen molar-refractivity contribution in [2.75, 3.05) is 25.0 Å². The Labute approximate surface area is 257 Å². The van der Waals surface area contributed by atoms with E-state index in [2.05, 4.69) is 17.1 Å². The zero-order valence-electron chi connectivity index (χ0n) is 22.5. The molecule has 0 saturated carbocycles.